The quantitative estimate of drug-likeness (QED) is 0.606. The van der Waals surface area contributed by atoms with Crippen molar-refractivity contribution in [2.75, 3.05) is 33.3 Å². The minimum absolute atomic E-state index is 0.259. The number of aromatic nitrogens is 1. The van der Waals surface area contributed by atoms with Crippen LogP contribution in [0.1, 0.15) is 24.0 Å². The number of fused-ring (bicyclic) bond motifs is 1. The molecule has 2 aromatic carbocycles. The molecule has 0 aliphatic carbocycles. The monoisotopic (exact) mass is 425 g/mol. The topological polar surface area (TPSA) is 48.6 Å². The Balaban J connectivity index is 1.24. The Morgan fingerprint density at radius 3 is 2.70 bits per heavy atom. The van der Waals surface area contributed by atoms with Gasteiger partial charge < -0.3 is 14.6 Å². The number of aromatic amines is 1. The van der Waals surface area contributed by atoms with Gasteiger partial charge in [-0.3, -0.25) is 9.69 Å². The molecule has 0 radical (unpaired) electrons. The molecule has 1 saturated heterocycles. The zero-order valence-electron chi connectivity index (χ0n) is 17.4. The number of piperazine rings is 1. The molecule has 0 unspecified atom stereocenters. The average molecular weight is 426 g/mol. The number of ether oxygens (including phenoxy) is 1. The molecule has 1 aromatic heterocycles. The standard InChI is InChI=1S/C24H28ClN3O2/c1-30-23-10-9-20(25)15-19(23)17-27-11-13-28(14-12-27)24(29)8-4-5-18-16-26-22-7-3-2-6-21(18)22/h2-3,6-7,9-10,15-16,26H,4-5,8,11-14,17H2,1H3. The van der Waals surface area contributed by atoms with Crippen LogP contribution in [0, 0.1) is 0 Å². The van der Waals surface area contributed by atoms with Crippen LogP contribution in [0.25, 0.3) is 10.9 Å². The lowest BCUT2D eigenvalue weighted by atomic mass is 10.1. The summed E-state index contributed by atoms with van der Waals surface area (Å²) >= 11 is 6.14. The Morgan fingerprint density at radius 1 is 1.10 bits per heavy atom. The first-order valence-electron chi connectivity index (χ1n) is 10.5. The van der Waals surface area contributed by atoms with Gasteiger partial charge in [0, 0.05) is 66.8 Å². The second-order valence-electron chi connectivity index (χ2n) is 7.83. The van der Waals surface area contributed by atoms with Crippen molar-refractivity contribution in [3.8, 4) is 5.75 Å². The van der Waals surface area contributed by atoms with E-state index in [1.54, 1.807) is 7.11 Å². The van der Waals surface area contributed by atoms with Crippen molar-refractivity contribution in [3.63, 3.8) is 0 Å². The Morgan fingerprint density at radius 2 is 1.90 bits per heavy atom. The molecule has 2 heterocycles. The molecule has 3 aromatic rings. The van der Waals surface area contributed by atoms with Gasteiger partial charge in [0.05, 0.1) is 7.11 Å². The summed E-state index contributed by atoms with van der Waals surface area (Å²) in [5, 5.41) is 1.98. The number of methoxy groups -OCH3 is 1. The molecule has 1 aliphatic heterocycles. The van der Waals surface area contributed by atoms with Crippen molar-refractivity contribution >= 4 is 28.4 Å². The van der Waals surface area contributed by atoms with E-state index in [1.807, 2.05) is 29.2 Å². The number of carbonyl (C=O) groups is 1. The molecule has 1 N–H and O–H groups in total. The molecule has 30 heavy (non-hydrogen) atoms. The molecule has 1 aliphatic rings. The fraction of sp³-hybridized carbons (Fsp3) is 0.375. The number of aryl methyl sites for hydroxylation is 1. The van der Waals surface area contributed by atoms with Gasteiger partial charge in [0.1, 0.15) is 5.75 Å². The minimum Gasteiger partial charge on any atom is -0.496 e. The van der Waals surface area contributed by atoms with Gasteiger partial charge in [0.2, 0.25) is 5.91 Å². The van der Waals surface area contributed by atoms with Gasteiger partial charge in [0.15, 0.2) is 0 Å². The van der Waals surface area contributed by atoms with Crippen molar-refractivity contribution in [2.45, 2.75) is 25.8 Å². The number of benzene rings is 2. The van der Waals surface area contributed by atoms with E-state index in [-0.39, 0.29) is 5.91 Å². The highest BCUT2D eigenvalue weighted by molar-refractivity contribution is 6.30. The van der Waals surface area contributed by atoms with Crippen molar-refractivity contribution in [1.29, 1.82) is 0 Å². The molecule has 6 heteroatoms. The summed E-state index contributed by atoms with van der Waals surface area (Å²) in [5.74, 6) is 1.12. The number of hydrogen-bond acceptors (Lipinski definition) is 3. The smallest absolute Gasteiger partial charge is 0.222 e. The molecule has 0 spiro atoms. The van der Waals surface area contributed by atoms with Crippen LogP contribution in [0.4, 0.5) is 0 Å². The van der Waals surface area contributed by atoms with Gasteiger partial charge in [0.25, 0.3) is 0 Å². The molecular weight excluding hydrogens is 398 g/mol. The average Bonchev–Trinajstić information content (AvgIpc) is 3.17. The number of nitrogens with one attached hydrogen (secondary N) is 1. The molecule has 0 bridgehead atoms. The number of hydrogen-bond donors (Lipinski definition) is 1. The van der Waals surface area contributed by atoms with E-state index in [0.717, 1.165) is 67.4 Å². The first kappa shape index (κ1) is 20.8. The van der Waals surface area contributed by atoms with Gasteiger partial charge in [-0.25, -0.2) is 0 Å². The predicted molar refractivity (Wildman–Crippen MR) is 121 cm³/mol. The van der Waals surface area contributed by atoms with E-state index in [1.165, 1.54) is 10.9 Å². The van der Waals surface area contributed by atoms with Crippen LogP contribution in [0.5, 0.6) is 5.75 Å². The lowest BCUT2D eigenvalue weighted by Crippen LogP contribution is -2.48. The van der Waals surface area contributed by atoms with Gasteiger partial charge in [-0.1, -0.05) is 29.8 Å². The van der Waals surface area contributed by atoms with E-state index < -0.39 is 0 Å². The normalized spacial score (nSPS) is 14.9. The van der Waals surface area contributed by atoms with Crippen LogP contribution in [0.15, 0.2) is 48.7 Å². The maximum absolute atomic E-state index is 12.7. The zero-order valence-corrected chi connectivity index (χ0v) is 18.1. The maximum Gasteiger partial charge on any atom is 0.222 e. The number of H-pyrrole nitrogens is 1. The molecule has 0 atom stereocenters. The number of amides is 1. The van der Waals surface area contributed by atoms with Crippen LogP contribution in [-0.2, 0) is 17.8 Å². The van der Waals surface area contributed by atoms with Crippen molar-refractivity contribution in [3.05, 3.63) is 64.8 Å². The Hall–Kier alpha value is -2.50. The van der Waals surface area contributed by atoms with Gasteiger partial charge in [-0.15, -0.1) is 0 Å². The molecule has 5 nitrogen and oxygen atoms in total. The van der Waals surface area contributed by atoms with Crippen LogP contribution in [0.3, 0.4) is 0 Å². The fourth-order valence-corrected chi connectivity index (χ4v) is 4.39. The van der Waals surface area contributed by atoms with E-state index in [9.17, 15) is 4.79 Å². The van der Waals surface area contributed by atoms with Gasteiger partial charge in [-0.05, 0) is 42.7 Å². The summed E-state index contributed by atoms with van der Waals surface area (Å²) in [6.45, 7) is 4.06. The SMILES string of the molecule is COc1ccc(Cl)cc1CN1CCN(C(=O)CCCc2c[nH]c3ccccc23)CC1. The van der Waals surface area contributed by atoms with Crippen LogP contribution in [0.2, 0.25) is 5.02 Å². The highest BCUT2D eigenvalue weighted by atomic mass is 35.5. The third-order valence-corrected chi connectivity index (χ3v) is 6.11. The van der Waals surface area contributed by atoms with Crippen LogP contribution in [-0.4, -0.2) is 54.0 Å². The number of nitrogens with zero attached hydrogens (tertiary/aromatic N) is 2. The molecule has 1 amide bonds. The number of carbonyl (C=O) groups excluding carboxylic acids is 1. The summed E-state index contributed by atoms with van der Waals surface area (Å²) in [4.78, 5) is 20.3. The van der Waals surface area contributed by atoms with E-state index in [0.29, 0.717) is 6.42 Å². The molecule has 158 valence electrons. The van der Waals surface area contributed by atoms with Crippen LogP contribution < -0.4 is 4.74 Å². The van der Waals surface area contributed by atoms with Crippen LogP contribution >= 0.6 is 11.6 Å². The summed E-state index contributed by atoms with van der Waals surface area (Å²) in [7, 11) is 1.68. The number of para-hydroxylation sites is 1. The van der Waals surface area contributed by atoms with Gasteiger partial charge in [-0.2, -0.15) is 0 Å². The third kappa shape index (κ3) is 4.79. The van der Waals surface area contributed by atoms with E-state index >= 15 is 0 Å². The first-order valence-corrected chi connectivity index (χ1v) is 10.9. The highest BCUT2D eigenvalue weighted by Gasteiger charge is 2.21. The largest absolute Gasteiger partial charge is 0.496 e. The van der Waals surface area contributed by atoms with Crippen molar-refractivity contribution < 1.29 is 9.53 Å². The van der Waals surface area contributed by atoms with E-state index in [2.05, 4.69) is 34.3 Å². The molecular formula is C24H28ClN3O2. The Kier molecular flexibility index (Phi) is 6.60. The Bertz CT molecular complexity index is 1010. The first-order chi connectivity index (χ1) is 14.6. The maximum atomic E-state index is 12.7. The minimum atomic E-state index is 0.259. The van der Waals surface area contributed by atoms with E-state index in [4.69, 9.17) is 16.3 Å². The second-order valence-corrected chi connectivity index (χ2v) is 8.26. The van der Waals surface area contributed by atoms with Crippen molar-refractivity contribution in [2.24, 2.45) is 0 Å². The molecule has 0 saturated carbocycles. The summed E-state index contributed by atoms with van der Waals surface area (Å²) in [5.41, 5.74) is 3.54. The highest BCUT2D eigenvalue weighted by Crippen LogP contribution is 2.25. The third-order valence-electron chi connectivity index (χ3n) is 5.87. The van der Waals surface area contributed by atoms with Crippen molar-refractivity contribution in [1.82, 2.24) is 14.8 Å². The predicted octanol–water partition coefficient (Wildman–Crippen LogP) is 4.50. The fourth-order valence-electron chi connectivity index (χ4n) is 4.19. The summed E-state index contributed by atoms with van der Waals surface area (Å²) in [6.07, 6.45) is 4.46. The molecule has 1 fully saturated rings. The Labute approximate surface area is 182 Å². The van der Waals surface area contributed by atoms with Gasteiger partial charge >= 0.3 is 0 Å². The number of halogens is 1. The number of rotatable bonds is 7. The summed E-state index contributed by atoms with van der Waals surface area (Å²) < 4.78 is 5.45. The second kappa shape index (κ2) is 9.54. The molecule has 4 rings (SSSR count). The zero-order chi connectivity index (χ0) is 20.9. The lowest BCUT2D eigenvalue weighted by Gasteiger charge is -2.35. The lowest BCUT2D eigenvalue weighted by molar-refractivity contribution is -0.133. The summed E-state index contributed by atoms with van der Waals surface area (Å²) in [6, 6.07) is 14.0.